The lowest BCUT2D eigenvalue weighted by Crippen LogP contribution is -2.53. The van der Waals surface area contributed by atoms with Crippen LogP contribution >= 0.6 is 0 Å². The number of amides is 2. The Kier molecular flexibility index (Phi) is 6.52. The zero-order chi connectivity index (χ0) is 26.2. The van der Waals surface area contributed by atoms with Crippen LogP contribution in [0.3, 0.4) is 0 Å². The summed E-state index contributed by atoms with van der Waals surface area (Å²) in [5.74, 6) is 0.586. The Balaban J connectivity index is 1.24. The summed E-state index contributed by atoms with van der Waals surface area (Å²) in [4.78, 5) is 39.3. The highest BCUT2D eigenvalue weighted by Crippen LogP contribution is 2.30. The second-order valence-electron chi connectivity index (χ2n) is 9.78. The number of nitrogens with one attached hydrogen (secondary N) is 3. The van der Waals surface area contributed by atoms with Gasteiger partial charge in [0.1, 0.15) is 17.7 Å². The van der Waals surface area contributed by atoms with Crippen molar-refractivity contribution in [3.05, 3.63) is 36.2 Å². The smallest absolute Gasteiger partial charge is 0.296 e. The zero-order valence-corrected chi connectivity index (χ0v) is 20.6. The number of anilines is 2. The number of ether oxygens (including phenoxy) is 1. The van der Waals surface area contributed by atoms with Gasteiger partial charge in [0.25, 0.3) is 6.43 Å². The van der Waals surface area contributed by atoms with Crippen molar-refractivity contribution in [2.45, 2.75) is 50.2 Å². The number of nitrogens with zero attached hydrogens (tertiary/aromatic N) is 5. The Morgan fingerprint density at radius 1 is 1.11 bits per heavy atom. The number of imidazole rings is 1. The van der Waals surface area contributed by atoms with Crippen molar-refractivity contribution in [2.24, 2.45) is 0 Å². The molecular formula is C25H28F2N8O3. The molecule has 0 radical (unpaired) electrons. The van der Waals surface area contributed by atoms with Crippen molar-refractivity contribution in [1.29, 1.82) is 0 Å². The standard InChI is InChI=1S/C25H28F2N8O3/c26-22(27)23-31-16-3-1-2-4-18(16)35(23)20-13-19(32-25(33-20)34-7-9-38-10-8-34)28-14-11-15(12-14)29-24(37)17-5-6-21(36)30-17/h1-4,13-15,17,22H,5-12H2,(H,29,37)(H,30,36)(H,28,32,33)/t14-,15-,17-/m1/s1. The molecule has 6 rings (SSSR count). The fraction of sp³-hybridized carbons (Fsp3) is 0.480. The van der Waals surface area contributed by atoms with Gasteiger partial charge in [-0.25, -0.2) is 13.8 Å². The van der Waals surface area contributed by atoms with Gasteiger partial charge in [-0.05, 0) is 31.4 Å². The van der Waals surface area contributed by atoms with Crippen LogP contribution in [-0.2, 0) is 14.3 Å². The average molecular weight is 527 g/mol. The number of rotatable bonds is 7. The first kappa shape index (κ1) is 24.5. The SMILES string of the molecule is O=C1CC[C@H](C(=O)N[C@H]2C[C@H](Nc3cc(-n4c(C(F)F)nc5ccccc54)nc(N4CCOCC4)n3)C2)N1. The fourth-order valence-corrected chi connectivity index (χ4v) is 5.12. The number of para-hydroxylation sites is 2. The van der Waals surface area contributed by atoms with E-state index in [4.69, 9.17) is 9.72 Å². The van der Waals surface area contributed by atoms with Crippen LogP contribution in [-0.4, -0.2) is 75.8 Å². The normalized spacial score (nSPS) is 23.4. The molecule has 200 valence electrons. The van der Waals surface area contributed by atoms with Gasteiger partial charge in [-0.1, -0.05) is 12.1 Å². The van der Waals surface area contributed by atoms with Gasteiger partial charge in [-0.3, -0.25) is 14.2 Å². The highest BCUT2D eigenvalue weighted by molar-refractivity contribution is 5.91. The van der Waals surface area contributed by atoms with E-state index < -0.39 is 12.5 Å². The molecule has 1 atom stereocenters. The number of hydrogen-bond donors (Lipinski definition) is 3. The number of hydrogen-bond acceptors (Lipinski definition) is 8. The van der Waals surface area contributed by atoms with Crippen molar-refractivity contribution in [2.75, 3.05) is 36.5 Å². The number of morpholine rings is 1. The van der Waals surface area contributed by atoms with E-state index in [2.05, 4.69) is 25.9 Å². The molecule has 4 heterocycles. The van der Waals surface area contributed by atoms with E-state index in [1.807, 2.05) is 4.90 Å². The minimum Gasteiger partial charge on any atom is -0.378 e. The maximum absolute atomic E-state index is 14.0. The molecule has 13 heteroatoms. The van der Waals surface area contributed by atoms with Crippen molar-refractivity contribution < 1.29 is 23.1 Å². The first-order valence-corrected chi connectivity index (χ1v) is 12.8. The van der Waals surface area contributed by atoms with Crippen LogP contribution in [0.25, 0.3) is 16.9 Å². The molecule has 2 aliphatic heterocycles. The summed E-state index contributed by atoms with van der Waals surface area (Å²) in [6.07, 6.45) is -0.560. The number of aromatic nitrogens is 4. The first-order chi connectivity index (χ1) is 18.4. The minimum atomic E-state index is -2.79. The number of fused-ring (bicyclic) bond motifs is 1. The molecular weight excluding hydrogens is 498 g/mol. The third-order valence-electron chi connectivity index (χ3n) is 7.15. The summed E-state index contributed by atoms with van der Waals surface area (Å²) in [5.41, 5.74) is 0.991. The largest absolute Gasteiger partial charge is 0.378 e. The summed E-state index contributed by atoms with van der Waals surface area (Å²) < 4.78 is 34.9. The Hall–Kier alpha value is -3.87. The Morgan fingerprint density at radius 3 is 2.63 bits per heavy atom. The predicted octanol–water partition coefficient (Wildman–Crippen LogP) is 1.93. The first-order valence-electron chi connectivity index (χ1n) is 12.8. The molecule has 0 bridgehead atoms. The van der Waals surface area contributed by atoms with Crippen molar-refractivity contribution >= 4 is 34.6 Å². The summed E-state index contributed by atoms with van der Waals surface area (Å²) in [5, 5.41) is 9.06. The molecule has 0 spiro atoms. The van der Waals surface area contributed by atoms with Crippen LogP contribution in [0.4, 0.5) is 20.5 Å². The van der Waals surface area contributed by atoms with Crippen molar-refractivity contribution in [1.82, 2.24) is 30.2 Å². The van der Waals surface area contributed by atoms with Gasteiger partial charge in [0, 0.05) is 37.7 Å². The van der Waals surface area contributed by atoms with Gasteiger partial charge < -0.3 is 25.6 Å². The number of carbonyl (C=O) groups excluding carboxylic acids is 2. The third-order valence-corrected chi connectivity index (χ3v) is 7.15. The quantitative estimate of drug-likeness (QED) is 0.427. The van der Waals surface area contributed by atoms with Gasteiger partial charge >= 0.3 is 0 Å². The number of benzene rings is 1. The highest BCUT2D eigenvalue weighted by Gasteiger charge is 2.34. The van der Waals surface area contributed by atoms with Gasteiger partial charge in [0.2, 0.25) is 17.8 Å². The van der Waals surface area contributed by atoms with Crippen molar-refractivity contribution in [3.63, 3.8) is 0 Å². The number of halogens is 2. The molecule has 38 heavy (non-hydrogen) atoms. The Morgan fingerprint density at radius 2 is 1.89 bits per heavy atom. The van der Waals surface area contributed by atoms with E-state index in [1.165, 1.54) is 4.57 Å². The van der Waals surface area contributed by atoms with Gasteiger partial charge in [0.05, 0.1) is 24.2 Å². The lowest BCUT2D eigenvalue weighted by Gasteiger charge is -2.37. The molecule has 2 amide bonds. The monoisotopic (exact) mass is 526 g/mol. The van der Waals surface area contributed by atoms with Crippen LogP contribution in [0.15, 0.2) is 30.3 Å². The maximum Gasteiger partial charge on any atom is 0.296 e. The molecule has 3 aliphatic rings. The van der Waals surface area contributed by atoms with Crippen LogP contribution in [0.5, 0.6) is 0 Å². The molecule has 0 unspecified atom stereocenters. The van der Waals surface area contributed by atoms with Crippen LogP contribution in [0.2, 0.25) is 0 Å². The summed E-state index contributed by atoms with van der Waals surface area (Å²) >= 11 is 0. The maximum atomic E-state index is 14.0. The van der Waals surface area contributed by atoms with E-state index >= 15 is 0 Å². The van der Waals surface area contributed by atoms with Crippen LogP contribution in [0, 0.1) is 0 Å². The molecule has 1 saturated carbocycles. The molecule has 3 aromatic rings. The van der Waals surface area contributed by atoms with Gasteiger partial charge in [-0.15, -0.1) is 0 Å². The van der Waals surface area contributed by atoms with Crippen LogP contribution < -0.4 is 20.9 Å². The predicted molar refractivity (Wildman–Crippen MR) is 134 cm³/mol. The fourth-order valence-electron chi connectivity index (χ4n) is 5.12. The number of carbonyl (C=O) groups is 2. The van der Waals surface area contributed by atoms with E-state index in [9.17, 15) is 18.4 Å². The molecule has 2 aromatic heterocycles. The topological polar surface area (TPSA) is 126 Å². The lowest BCUT2D eigenvalue weighted by molar-refractivity contribution is -0.126. The highest BCUT2D eigenvalue weighted by atomic mass is 19.3. The summed E-state index contributed by atoms with van der Waals surface area (Å²) in [6.45, 7) is 2.23. The Labute approximate surface area is 217 Å². The van der Waals surface area contributed by atoms with Gasteiger partial charge in [0.15, 0.2) is 5.82 Å². The molecule has 1 aliphatic carbocycles. The minimum absolute atomic E-state index is 0.0134. The molecule has 3 N–H and O–H groups in total. The second kappa shape index (κ2) is 10.1. The summed E-state index contributed by atoms with van der Waals surface area (Å²) in [6, 6.07) is 8.18. The summed E-state index contributed by atoms with van der Waals surface area (Å²) in [7, 11) is 0. The molecule has 2 saturated heterocycles. The average Bonchev–Trinajstić information content (AvgIpc) is 3.52. The molecule has 11 nitrogen and oxygen atoms in total. The Bertz CT molecular complexity index is 1350. The molecule has 3 fully saturated rings. The van der Waals surface area contributed by atoms with E-state index in [-0.39, 0.29) is 29.7 Å². The number of alkyl halides is 2. The van der Waals surface area contributed by atoms with E-state index in [0.29, 0.717) is 80.6 Å². The zero-order valence-electron chi connectivity index (χ0n) is 20.6. The van der Waals surface area contributed by atoms with E-state index in [0.717, 1.165) is 0 Å². The third kappa shape index (κ3) is 4.85. The lowest BCUT2D eigenvalue weighted by atomic mass is 9.86. The van der Waals surface area contributed by atoms with Crippen LogP contribution in [0.1, 0.15) is 37.9 Å². The van der Waals surface area contributed by atoms with Crippen molar-refractivity contribution in [3.8, 4) is 5.82 Å². The van der Waals surface area contributed by atoms with E-state index in [1.54, 1.807) is 30.3 Å². The molecule has 1 aromatic carbocycles. The second-order valence-corrected chi connectivity index (χ2v) is 9.78. The van der Waals surface area contributed by atoms with Gasteiger partial charge in [-0.2, -0.15) is 9.97 Å².